The van der Waals surface area contributed by atoms with Crippen molar-refractivity contribution in [1.82, 2.24) is 10.4 Å². The maximum atomic E-state index is 12.9. The molecule has 8 heteroatoms. The highest BCUT2D eigenvalue weighted by atomic mass is 19.3. The van der Waals surface area contributed by atoms with Gasteiger partial charge < -0.3 is 15.3 Å². The van der Waals surface area contributed by atoms with Gasteiger partial charge in [-0.2, -0.15) is 0 Å². The summed E-state index contributed by atoms with van der Waals surface area (Å²) in [6.07, 6.45) is -1.89. The second kappa shape index (κ2) is 4.92. The van der Waals surface area contributed by atoms with Gasteiger partial charge in [-0.1, -0.05) is 6.92 Å². The summed E-state index contributed by atoms with van der Waals surface area (Å²) in [5, 5.41) is 12.1. The lowest BCUT2D eigenvalue weighted by Gasteiger charge is -2.17. The molecule has 1 saturated heterocycles. The Kier molecular flexibility index (Phi) is 3.99. The highest BCUT2D eigenvalue weighted by Gasteiger charge is 2.46. The molecule has 1 amide bonds. The number of hydrogen-bond acceptors (Lipinski definition) is 5. The van der Waals surface area contributed by atoms with Gasteiger partial charge in [-0.05, 0) is 0 Å². The normalized spacial score (nSPS) is 25.8. The van der Waals surface area contributed by atoms with Crippen LogP contribution in [0.3, 0.4) is 0 Å². The third-order valence-corrected chi connectivity index (χ3v) is 2.48. The standard InChI is InChI=1S/C9H14F2N2O4/c1-3-9(10,11)4-12-6(14)5-7(15)13(2)17-8(5)16/h5,7,15H,3-4H2,1-2H3,(H,12,14). The van der Waals surface area contributed by atoms with Crippen molar-refractivity contribution in [2.75, 3.05) is 13.6 Å². The third kappa shape index (κ3) is 3.10. The molecule has 0 aromatic rings. The molecule has 0 bridgehead atoms. The van der Waals surface area contributed by atoms with E-state index in [4.69, 9.17) is 0 Å². The predicted molar refractivity (Wildman–Crippen MR) is 51.6 cm³/mol. The molecule has 0 spiro atoms. The Bertz CT molecular complexity index is 324. The third-order valence-electron chi connectivity index (χ3n) is 2.48. The second-order valence-corrected chi connectivity index (χ2v) is 3.78. The minimum Gasteiger partial charge on any atom is -0.374 e. The zero-order valence-corrected chi connectivity index (χ0v) is 9.44. The first-order valence-corrected chi connectivity index (χ1v) is 5.06. The molecule has 1 aliphatic heterocycles. The molecule has 2 unspecified atom stereocenters. The fraction of sp³-hybridized carbons (Fsp3) is 0.778. The van der Waals surface area contributed by atoms with Crippen molar-refractivity contribution >= 4 is 11.9 Å². The Morgan fingerprint density at radius 1 is 1.65 bits per heavy atom. The van der Waals surface area contributed by atoms with Crippen molar-refractivity contribution in [3.8, 4) is 0 Å². The number of aliphatic hydroxyl groups is 1. The van der Waals surface area contributed by atoms with E-state index in [1.807, 2.05) is 5.32 Å². The van der Waals surface area contributed by atoms with Crippen molar-refractivity contribution in [2.24, 2.45) is 5.92 Å². The van der Waals surface area contributed by atoms with Gasteiger partial charge in [-0.15, -0.1) is 5.06 Å². The predicted octanol–water partition coefficient (Wildman–Crippen LogP) is -0.514. The number of nitrogens with zero attached hydrogens (tertiary/aromatic N) is 1. The average Bonchev–Trinajstić information content (AvgIpc) is 2.50. The molecule has 0 radical (unpaired) electrons. The van der Waals surface area contributed by atoms with Crippen molar-refractivity contribution in [1.29, 1.82) is 0 Å². The first-order valence-electron chi connectivity index (χ1n) is 5.06. The zero-order chi connectivity index (χ0) is 13.2. The number of carbonyl (C=O) groups excluding carboxylic acids is 2. The molecule has 6 nitrogen and oxygen atoms in total. The number of hydrogen-bond donors (Lipinski definition) is 2. The van der Waals surface area contributed by atoms with Gasteiger partial charge in [-0.25, -0.2) is 13.6 Å². The minimum absolute atomic E-state index is 0.426. The number of halogens is 2. The lowest BCUT2D eigenvalue weighted by Crippen LogP contribution is -2.44. The quantitative estimate of drug-likeness (QED) is 0.659. The molecule has 1 aliphatic rings. The number of amides is 1. The van der Waals surface area contributed by atoms with Crippen LogP contribution in [0.2, 0.25) is 0 Å². The molecule has 98 valence electrons. The molecule has 17 heavy (non-hydrogen) atoms. The minimum atomic E-state index is -3.03. The Balaban J connectivity index is 2.57. The van der Waals surface area contributed by atoms with E-state index in [0.29, 0.717) is 0 Å². The van der Waals surface area contributed by atoms with Crippen molar-refractivity contribution in [3.05, 3.63) is 0 Å². The van der Waals surface area contributed by atoms with Crippen molar-refractivity contribution in [2.45, 2.75) is 25.5 Å². The summed E-state index contributed by atoms with van der Waals surface area (Å²) in [5.74, 6) is -6.46. The zero-order valence-electron chi connectivity index (χ0n) is 9.44. The second-order valence-electron chi connectivity index (χ2n) is 3.78. The largest absolute Gasteiger partial charge is 0.374 e. The Hall–Kier alpha value is -1.28. The maximum absolute atomic E-state index is 12.9. The van der Waals surface area contributed by atoms with Crippen LogP contribution < -0.4 is 5.32 Å². The average molecular weight is 252 g/mol. The Morgan fingerprint density at radius 2 is 2.24 bits per heavy atom. The molecule has 0 aromatic heterocycles. The van der Waals surface area contributed by atoms with Crippen LogP contribution in [0, 0.1) is 5.92 Å². The molecule has 0 saturated carbocycles. The van der Waals surface area contributed by atoms with Gasteiger partial charge in [0.2, 0.25) is 5.91 Å². The summed E-state index contributed by atoms with van der Waals surface area (Å²) >= 11 is 0. The van der Waals surface area contributed by atoms with Crippen LogP contribution in [0.1, 0.15) is 13.3 Å². The monoisotopic (exact) mass is 252 g/mol. The van der Waals surface area contributed by atoms with Gasteiger partial charge in [0.25, 0.3) is 5.92 Å². The molecule has 2 atom stereocenters. The van der Waals surface area contributed by atoms with Crippen molar-refractivity contribution < 1.29 is 28.3 Å². The maximum Gasteiger partial charge on any atom is 0.341 e. The number of hydroxylamine groups is 2. The number of carbonyl (C=O) groups is 2. The highest BCUT2D eigenvalue weighted by Crippen LogP contribution is 2.20. The lowest BCUT2D eigenvalue weighted by atomic mass is 10.1. The van der Waals surface area contributed by atoms with E-state index in [0.717, 1.165) is 5.06 Å². The molecule has 1 heterocycles. The lowest BCUT2D eigenvalue weighted by molar-refractivity contribution is -0.183. The van der Waals surface area contributed by atoms with Gasteiger partial charge in [0.15, 0.2) is 12.1 Å². The van der Waals surface area contributed by atoms with E-state index >= 15 is 0 Å². The van der Waals surface area contributed by atoms with Gasteiger partial charge >= 0.3 is 5.97 Å². The van der Waals surface area contributed by atoms with Crippen LogP contribution in [0.25, 0.3) is 0 Å². The van der Waals surface area contributed by atoms with Crippen LogP contribution in [-0.4, -0.2) is 47.8 Å². The van der Waals surface area contributed by atoms with E-state index in [1.54, 1.807) is 0 Å². The SMILES string of the molecule is CCC(F)(F)CNC(=O)C1C(=O)ON(C)C1O. The van der Waals surface area contributed by atoms with Crippen LogP contribution in [-0.2, 0) is 14.4 Å². The van der Waals surface area contributed by atoms with Crippen LogP contribution in [0.5, 0.6) is 0 Å². The highest BCUT2D eigenvalue weighted by molar-refractivity contribution is 5.99. The molecule has 1 rings (SSSR count). The van der Waals surface area contributed by atoms with Crippen LogP contribution in [0.15, 0.2) is 0 Å². The summed E-state index contributed by atoms with van der Waals surface area (Å²) in [5.41, 5.74) is 0. The van der Waals surface area contributed by atoms with Gasteiger partial charge in [0.05, 0.1) is 6.54 Å². The van der Waals surface area contributed by atoms with E-state index in [2.05, 4.69) is 4.84 Å². The van der Waals surface area contributed by atoms with E-state index in [1.165, 1.54) is 14.0 Å². The topological polar surface area (TPSA) is 78.9 Å². The van der Waals surface area contributed by atoms with Gasteiger partial charge in [0.1, 0.15) is 0 Å². The van der Waals surface area contributed by atoms with Gasteiger partial charge in [-0.3, -0.25) is 4.79 Å². The summed E-state index contributed by atoms with van der Waals surface area (Å²) in [4.78, 5) is 27.1. The summed E-state index contributed by atoms with van der Waals surface area (Å²) in [6, 6.07) is 0. The smallest absolute Gasteiger partial charge is 0.341 e. The van der Waals surface area contributed by atoms with E-state index in [9.17, 15) is 23.5 Å². The Labute approximate surface area is 96.5 Å². The fourth-order valence-corrected chi connectivity index (χ4v) is 1.28. The molecule has 0 aliphatic carbocycles. The van der Waals surface area contributed by atoms with Crippen LogP contribution in [0.4, 0.5) is 8.78 Å². The molecule has 1 fully saturated rings. The van der Waals surface area contributed by atoms with Gasteiger partial charge in [0, 0.05) is 13.5 Å². The first-order chi connectivity index (χ1) is 7.78. The number of alkyl halides is 2. The summed E-state index contributed by atoms with van der Waals surface area (Å²) in [7, 11) is 1.26. The van der Waals surface area contributed by atoms with E-state index < -0.39 is 42.9 Å². The number of aliphatic hydroxyl groups excluding tert-OH is 1. The molecule has 0 aromatic carbocycles. The number of nitrogens with one attached hydrogen (secondary N) is 1. The van der Waals surface area contributed by atoms with Crippen molar-refractivity contribution in [3.63, 3.8) is 0 Å². The summed E-state index contributed by atoms with van der Waals surface area (Å²) in [6.45, 7) is 0.404. The van der Waals surface area contributed by atoms with Crippen LogP contribution >= 0.6 is 0 Å². The summed E-state index contributed by atoms with van der Waals surface area (Å²) < 4.78 is 25.7. The molecule has 2 N–H and O–H groups in total. The Morgan fingerprint density at radius 3 is 2.65 bits per heavy atom. The molecular weight excluding hydrogens is 238 g/mol. The molecular formula is C9H14F2N2O4. The van der Waals surface area contributed by atoms with E-state index in [-0.39, 0.29) is 0 Å². The first kappa shape index (κ1) is 13.8. The fourth-order valence-electron chi connectivity index (χ4n) is 1.28. The number of rotatable bonds is 4.